The summed E-state index contributed by atoms with van der Waals surface area (Å²) in [5.41, 5.74) is 0. The molecule has 0 aliphatic carbocycles. The Labute approximate surface area is 380 Å². The van der Waals surface area contributed by atoms with E-state index in [0.717, 1.165) is 69.6 Å². The molecule has 0 aliphatic rings. The Hall–Kier alpha value is -1.59. The van der Waals surface area contributed by atoms with E-state index >= 15 is 0 Å². The highest BCUT2D eigenvalue weighted by Crippen LogP contribution is 2.18. The van der Waals surface area contributed by atoms with Gasteiger partial charge in [-0.05, 0) is 31.1 Å². The molecule has 0 amide bonds. The van der Waals surface area contributed by atoms with E-state index < -0.39 is 6.10 Å². The summed E-state index contributed by atoms with van der Waals surface area (Å²) in [6.07, 6.45) is 49.6. The fourth-order valence-corrected chi connectivity index (χ4v) is 8.34. The minimum atomic E-state index is -0.762. The van der Waals surface area contributed by atoms with Crippen molar-refractivity contribution in [3.05, 3.63) is 0 Å². The SMILES string of the molecule is CCCCCCCCCCCCCCCCCCCCCC(=O)OC[C@@H](COC(=O)CCCCCCCCCCCCCC(C)C)OC(=O)CCCCCCCCCC(C)C. The first-order chi connectivity index (χ1) is 29.7. The first kappa shape index (κ1) is 59.4. The van der Waals surface area contributed by atoms with Crippen LogP contribution in [0.15, 0.2) is 0 Å². The second-order valence-electron chi connectivity index (χ2n) is 19.8. The summed E-state index contributed by atoms with van der Waals surface area (Å²) < 4.78 is 16.8. The van der Waals surface area contributed by atoms with E-state index in [9.17, 15) is 14.4 Å². The minimum Gasteiger partial charge on any atom is -0.462 e. The van der Waals surface area contributed by atoms with Gasteiger partial charge < -0.3 is 14.2 Å². The topological polar surface area (TPSA) is 78.9 Å². The van der Waals surface area contributed by atoms with Crippen molar-refractivity contribution in [2.24, 2.45) is 11.8 Å². The zero-order chi connectivity index (χ0) is 44.7. The van der Waals surface area contributed by atoms with Crippen LogP contribution < -0.4 is 0 Å². The molecule has 0 aromatic rings. The van der Waals surface area contributed by atoms with Crippen LogP contribution in [-0.4, -0.2) is 37.2 Å². The Morgan fingerprint density at radius 3 is 0.803 bits per heavy atom. The van der Waals surface area contributed by atoms with E-state index in [-0.39, 0.29) is 31.1 Å². The molecule has 0 rings (SSSR count). The van der Waals surface area contributed by atoms with Crippen molar-refractivity contribution in [2.75, 3.05) is 13.2 Å². The third-order valence-electron chi connectivity index (χ3n) is 12.5. The Bertz CT molecular complexity index is 931. The van der Waals surface area contributed by atoms with Gasteiger partial charge in [0.15, 0.2) is 6.10 Å². The van der Waals surface area contributed by atoms with E-state index in [1.165, 1.54) is 193 Å². The predicted octanol–water partition coefficient (Wildman–Crippen LogP) is 17.7. The lowest BCUT2D eigenvalue weighted by Gasteiger charge is -2.18. The molecule has 0 aliphatic heterocycles. The minimum absolute atomic E-state index is 0.0642. The van der Waals surface area contributed by atoms with Gasteiger partial charge in [0.1, 0.15) is 13.2 Å². The van der Waals surface area contributed by atoms with Gasteiger partial charge in [-0.3, -0.25) is 14.4 Å². The summed E-state index contributed by atoms with van der Waals surface area (Å²) in [6, 6.07) is 0. The third-order valence-corrected chi connectivity index (χ3v) is 12.5. The summed E-state index contributed by atoms with van der Waals surface area (Å²) >= 11 is 0. The quantitative estimate of drug-likeness (QED) is 0.0344. The Balaban J connectivity index is 4.22. The molecule has 0 saturated carbocycles. The fourth-order valence-electron chi connectivity index (χ4n) is 8.34. The summed E-state index contributed by atoms with van der Waals surface area (Å²) in [7, 11) is 0. The number of hydrogen-bond acceptors (Lipinski definition) is 6. The molecule has 61 heavy (non-hydrogen) atoms. The Morgan fingerprint density at radius 1 is 0.311 bits per heavy atom. The summed E-state index contributed by atoms with van der Waals surface area (Å²) in [6.45, 7) is 11.3. The molecule has 6 heteroatoms. The number of ether oxygens (including phenoxy) is 3. The highest BCUT2D eigenvalue weighted by Gasteiger charge is 2.19. The van der Waals surface area contributed by atoms with Crippen LogP contribution in [-0.2, 0) is 28.6 Å². The maximum atomic E-state index is 12.8. The van der Waals surface area contributed by atoms with Crippen molar-refractivity contribution in [1.82, 2.24) is 0 Å². The molecule has 1 atom stereocenters. The van der Waals surface area contributed by atoms with Crippen LogP contribution in [0, 0.1) is 11.8 Å². The molecule has 0 aromatic heterocycles. The standard InChI is InChI=1S/C55H106O6/c1-6-7-8-9-10-11-12-13-14-15-16-17-18-19-22-25-30-35-40-45-53(56)59-48-52(61-55(58)47-42-37-32-27-29-34-39-44-51(4)5)49-60-54(57)46-41-36-31-26-23-20-21-24-28-33-38-43-50(2)3/h50-52H,6-49H2,1-5H3/t52-/m0/s1. The molecule has 0 bridgehead atoms. The van der Waals surface area contributed by atoms with Gasteiger partial charge in [-0.25, -0.2) is 0 Å². The first-order valence-corrected chi connectivity index (χ1v) is 27.2. The van der Waals surface area contributed by atoms with Gasteiger partial charge in [0.2, 0.25) is 0 Å². The van der Waals surface area contributed by atoms with Crippen molar-refractivity contribution in [1.29, 1.82) is 0 Å². The van der Waals surface area contributed by atoms with Crippen LogP contribution in [0.3, 0.4) is 0 Å². The lowest BCUT2D eigenvalue weighted by Crippen LogP contribution is -2.30. The lowest BCUT2D eigenvalue weighted by atomic mass is 10.0. The second kappa shape index (κ2) is 47.9. The number of carbonyl (C=O) groups is 3. The van der Waals surface area contributed by atoms with E-state index in [1.54, 1.807) is 0 Å². The molecule has 0 fully saturated rings. The fraction of sp³-hybridized carbons (Fsp3) is 0.945. The first-order valence-electron chi connectivity index (χ1n) is 27.2. The smallest absolute Gasteiger partial charge is 0.306 e. The molecular weight excluding hydrogens is 757 g/mol. The van der Waals surface area contributed by atoms with Crippen LogP contribution in [0.5, 0.6) is 0 Å². The Kier molecular flexibility index (Phi) is 46.6. The maximum absolute atomic E-state index is 12.8. The van der Waals surface area contributed by atoms with Crippen LogP contribution in [0.4, 0.5) is 0 Å². The number of rotatable bonds is 49. The number of esters is 3. The number of carbonyl (C=O) groups excluding carboxylic acids is 3. The summed E-state index contributed by atoms with van der Waals surface area (Å²) in [5, 5.41) is 0. The zero-order valence-corrected chi connectivity index (χ0v) is 41.8. The Morgan fingerprint density at radius 2 is 0.541 bits per heavy atom. The van der Waals surface area contributed by atoms with Crippen molar-refractivity contribution in [3.63, 3.8) is 0 Å². The molecule has 0 unspecified atom stereocenters. The predicted molar refractivity (Wildman–Crippen MR) is 261 cm³/mol. The van der Waals surface area contributed by atoms with E-state index in [2.05, 4.69) is 34.6 Å². The molecular formula is C55H106O6. The molecule has 0 N–H and O–H groups in total. The molecule has 362 valence electrons. The van der Waals surface area contributed by atoms with Crippen LogP contribution >= 0.6 is 0 Å². The summed E-state index contributed by atoms with van der Waals surface area (Å²) in [5.74, 6) is 0.755. The van der Waals surface area contributed by atoms with Gasteiger partial charge >= 0.3 is 17.9 Å². The number of hydrogen-bond donors (Lipinski definition) is 0. The van der Waals surface area contributed by atoms with E-state index in [4.69, 9.17) is 14.2 Å². The molecule has 0 spiro atoms. The van der Waals surface area contributed by atoms with Crippen molar-refractivity contribution in [3.8, 4) is 0 Å². The van der Waals surface area contributed by atoms with Crippen LogP contribution in [0.25, 0.3) is 0 Å². The lowest BCUT2D eigenvalue weighted by molar-refractivity contribution is -0.167. The van der Waals surface area contributed by atoms with Crippen LogP contribution in [0.1, 0.15) is 304 Å². The van der Waals surface area contributed by atoms with Gasteiger partial charge in [-0.1, -0.05) is 266 Å². The van der Waals surface area contributed by atoms with Crippen molar-refractivity contribution < 1.29 is 28.6 Å². The molecule has 6 nitrogen and oxygen atoms in total. The number of unbranched alkanes of at least 4 members (excludes halogenated alkanes) is 34. The second-order valence-corrected chi connectivity index (χ2v) is 19.8. The maximum Gasteiger partial charge on any atom is 0.306 e. The van der Waals surface area contributed by atoms with Gasteiger partial charge in [0.05, 0.1) is 0 Å². The summed E-state index contributed by atoms with van der Waals surface area (Å²) in [4.78, 5) is 38.0. The zero-order valence-electron chi connectivity index (χ0n) is 41.8. The normalized spacial score (nSPS) is 12.0. The largest absolute Gasteiger partial charge is 0.462 e. The van der Waals surface area contributed by atoms with Gasteiger partial charge in [-0.15, -0.1) is 0 Å². The van der Waals surface area contributed by atoms with E-state index in [1.807, 2.05) is 0 Å². The molecule has 0 saturated heterocycles. The van der Waals surface area contributed by atoms with Crippen LogP contribution in [0.2, 0.25) is 0 Å². The molecule has 0 aromatic carbocycles. The molecule has 0 heterocycles. The average Bonchev–Trinajstić information content (AvgIpc) is 3.23. The van der Waals surface area contributed by atoms with Gasteiger partial charge in [-0.2, -0.15) is 0 Å². The monoisotopic (exact) mass is 863 g/mol. The highest BCUT2D eigenvalue weighted by atomic mass is 16.6. The van der Waals surface area contributed by atoms with Gasteiger partial charge in [0, 0.05) is 19.3 Å². The van der Waals surface area contributed by atoms with Crippen molar-refractivity contribution in [2.45, 2.75) is 310 Å². The van der Waals surface area contributed by atoms with Crippen molar-refractivity contribution >= 4 is 17.9 Å². The third kappa shape index (κ3) is 49.3. The van der Waals surface area contributed by atoms with E-state index in [0.29, 0.717) is 19.3 Å². The van der Waals surface area contributed by atoms with Gasteiger partial charge in [0.25, 0.3) is 0 Å². The highest BCUT2D eigenvalue weighted by molar-refractivity contribution is 5.71. The average molecular weight is 863 g/mol. The molecule has 0 radical (unpaired) electrons.